The average molecular weight is 486 g/mol. The summed E-state index contributed by atoms with van der Waals surface area (Å²) in [6.45, 7) is 11.2. The lowest BCUT2D eigenvalue weighted by Gasteiger charge is -2.31. The van der Waals surface area contributed by atoms with Crippen molar-refractivity contribution in [2.45, 2.75) is 33.6 Å². The van der Waals surface area contributed by atoms with Crippen molar-refractivity contribution in [1.82, 2.24) is 15.1 Å². The molecule has 1 N–H and O–H groups in total. The molecule has 2 aromatic carbocycles. The highest BCUT2D eigenvalue weighted by Crippen LogP contribution is 2.37. The van der Waals surface area contributed by atoms with Gasteiger partial charge in [-0.3, -0.25) is 9.59 Å². The maximum atomic E-state index is 15.0. The van der Waals surface area contributed by atoms with E-state index in [4.69, 9.17) is 0 Å². The van der Waals surface area contributed by atoms with Crippen molar-refractivity contribution in [2.24, 2.45) is 0 Å². The number of piperazine rings is 1. The summed E-state index contributed by atoms with van der Waals surface area (Å²) < 4.78 is 15.0. The van der Waals surface area contributed by atoms with Gasteiger partial charge in [-0.1, -0.05) is 56.3 Å². The lowest BCUT2D eigenvalue weighted by atomic mass is 9.90. The number of nitrogens with zero attached hydrogens (tertiary/aromatic N) is 2. The molecule has 1 fully saturated rings. The molecule has 36 heavy (non-hydrogen) atoms. The molecule has 0 saturated carbocycles. The van der Waals surface area contributed by atoms with Gasteiger partial charge in [-0.2, -0.15) is 0 Å². The molecule has 0 aromatic heterocycles. The van der Waals surface area contributed by atoms with Gasteiger partial charge < -0.3 is 15.1 Å². The zero-order valence-electron chi connectivity index (χ0n) is 21.1. The number of hydrogen-bond donors (Lipinski definition) is 1. The van der Waals surface area contributed by atoms with E-state index in [0.29, 0.717) is 29.9 Å². The quantitative estimate of drug-likeness (QED) is 0.583. The van der Waals surface area contributed by atoms with Gasteiger partial charge in [0.05, 0.1) is 6.54 Å². The summed E-state index contributed by atoms with van der Waals surface area (Å²) >= 11 is 0. The van der Waals surface area contributed by atoms with Crippen LogP contribution in [0.15, 0.2) is 84.4 Å². The maximum Gasteiger partial charge on any atom is 0.254 e. The first-order valence-corrected chi connectivity index (χ1v) is 12.3. The number of carbonyl (C=O) groups excluding carboxylic acids is 2. The number of benzene rings is 2. The molecule has 6 heteroatoms. The SMILES string of the molecule is C=C1C=C(C(=O)N2CCNC(=O)C2)C=CN1/C(C)=C(\CCC)c1ccccc1-c1ccc(C)cc1F. The van der Waals surface area contributed by atoms with Crippen LogP contribution in [-0.2, 0) is 9.59 Å². The largest absolute Gasteiger partial charge is 0.353 e. The molecule has 2 aromatic rings. The fraction of sp³-hybridized carbons (Fsp3) is 0.267. The molecule has 2 aliphatic heterocycles. The third kappa shape index (κ3) is 5.18. The van der Waals surface area contributed by atoms with Crippen LogP contribution in [0.25, 0.3) is 16.7 Å². The van der Waals surface area contributed by atoms with Crippen molar-refractivity contribution in [3.05, 3.63) is 101 Å². The standard InChI is InChI=1S/C30H32FN3O2/c1-5-8-24(25-9-6-7-10-26(25)27-12-11-20(2)17-28(27)31)22(4)34-15-13-23(18-21(34)3)30(36)33-16-14-32-29(35)19-33/h6-7,9-13,15,17-18H,3,5,8,14,16,19H2,1-2,4H3,(H,32,35)/b24-22+. The number of carbonyl (C=O) groups is 2. The summed E-state index contributed by atoms with van der Waals surface area (Å²) in [5, 5.41) is 2.74. The molecule has 5 nitrogen and oxygen atoms in total. The fourth-order valence-corrected chi connectivity index (χ4v) is 4.73. The molecule has 0 spiro atoms. The molecule has 1 saturated heterocycles. The van der Waals surface area contributed by atoms with Gasteiger partial charge in [-0.15, -0.1) is 0 Å². The van der Waals surface area contributed by atoms with Gasteiger partial charge in [0.1, 0.15) is 5.82 Å². The molecule has 4 rings (SSSR count). The molecule has 186 valence electrons. The lowest BCUT2D eigenvalue weighted by Crippen LogP contribution is -2.50. The van der Waals surface area contributed by atoms with Crippen molar-refractivity contribution in [1.29, 1.82) is 0 Å². The van der Waals surface area contributed by atoms with Crippen LogP contribution in [0.3, 0.4) is 0 Å². The van der Waals surface area contributed by atoms with Crippen LogP contribution in [0.5, 0.6) is 0 Å². The number of rotatable bonds is 6. The van der Waals surface area contributed by atoms with Crippen LogP contribution in [0.1, 0.15) is 37.8 Å². The summed E-state index contributed by atoms with van der Waals surface area (Å²) in [4.78, 5) is 28.2. The second kappa shape index (κ2) is 10.8. The van der Waals surface area contributed by atoms with Crippen LogP contribution < -0.4 is 5.32 Å². The van der Waals surface area contributed by atoms with E-state index in [1.54, 1.807) is 23.1 Å². The molecule has 2 amide bonds. The van der Waals surface area contributed by atoms with Gasteiger partial charge >= 0.3 is 0 Å². The smallest absolute Gasteiger partial charge is 0.254 e. The van der Waals surface area contributed by atoms with Crippen LogP contribution in [0.4, 0.5) is 4.39 Å². The highest BCUT2D eigenvalue weighted by atomic mass is 19.1. The Hall–Kier alpha value is -3.93. The van der Waals surface area contributed by atoms with E-state index in [2.05, 4.69) is 18.8 Å². The minimum Gasteiger partial charge on any atom is -0.353 e. The Morgan fingerprint density at radius 2 is 1.94 bits per heavy atom. The molecule has 0 atom stereocenters. The molecule has 2 heterocycles. The van der Waals surface area contributed by atoms with Crippen LogP contribution in [0.2, 0.25) is 0 Å². The van der Waals surface area contributed by atoms with E-state index >= 15 is 0 Å². The molecule has 0 radical (unpaired) electrons. The predicted octanol–water partition coefficient (Wildman–Crippen LogP) is 5.56. The Bertz CT molecular complexity index is 1310. The predicted molar refractivity (Wildman–Crippen MR) is 142 cm³/mol. The van der Waals surface area contributed by atoms with E-state index in [-0.39, 0.29) is 24.2 Å². The normalized spacial score (nSPS) is 16.5. The third-order valence-corrected chi connectivity index (χ3v) is 6.57. The van der Waals surface area contributed by atoms with E-state index < -0.39 is 0 Å². The Balaban J connectivity index is 1.68. The highest BCUT2D eigenvalue weighted by Gasteiger charge is 2.25. The summed E-state index contributed by atoms with van der Waals surface area (Å²) in [6, 6.07) is 13.2. The van der Waals surface area contributed by atoms with Gasteiger partial charge in [-0.25, -0.2) is 4.39 Å². The van der Waals surface area contributed by atoms with Gasteiger partial charge in [0.25, 0.3) is 5.91 Å². The number of nitrogens with one attached hydrogen (secondary N) is 1. The van der Waals surface area contributed by atoms with Gasteiger partial charge in [-0.05, 0) is 60.8 Å². The summed E-state index contributed by atoms with van der Waals surface area (Å²) in [6.07, 6.45) is 7.08. The van der Waals surface area contributed by atoms with Crippen LogP contribution in [-0.4, -0.2) is 41.2 Å². The van der Waals surface area contributed by atoms with Crippen LogP contribution >= 0.6 is 0 Å². The summed E-state index contributed by atoms with van der Waals surface area (Å²) in [5.41, 5.74) is 6.50. The van der Waals surface area contributed by atoms with Crippen molar-refractivity contribution >= 4 is 17.4 Å². The topological polar surface area (TPSA) is 52.7 Å². The first-order chi connectivity index (χ1) is 17.3. The molecule has 0 bridgehead atoms. The lowest BCUT2D eigenvalue weighted by molar-refractivity contribution is -0.135. The Labute approximate surface area is 212 Å². The number of allylic oxidation sites excluding steroid dienone is 3. The molecule has 0 aliphatic carbocycles. The van der Waals surface area contributed by atoms with E-state index in [0.717, 1.165) is 40.8 Å². The van der Waals surface area contributed by atoms with E-state index in [1.165, 1.54) is 0 Å². The second-order valence-corrected chi connectivity index (χ2v) is 9.20. The number of hydrogen-bond acceptors (Lipinski definition) is 3. The number of amides is 2. The second-order valence-electron chi connectivity index (χ2n) is 9.20. The van der Waals surface area contributed by atoms with E-state index in [9.17, 15) is 14.0 Å². The van der Waals surface area contributed by atoms with Gasteiger partial charge in [0.15, 0.2) is 0 Å². The van der Waals surface area contributed by atoms with Gasteiger partial charge in [0, 0.05) is 41.8 Å². The highest BCUT2D eigenvalue weighted by molar-refractivity contribution is 5.99. The Morgan fingerprint density at radius 3 is 2.64 bits per heavy atom. The molecule has 2 aliphatic rings. The maximum absolute atomic E-state index is 15.0. The fourth-order valence-electron chi connectivity index (χ4n) is 4.73. The van der Waals surface area contributed by atoms with E-state index in [1.807, 2.05) is 61.3 Å². The third-order valence-electron chi connectivity index (χ3n) is 6.57. The molecular weight excluding hydrogens is 453 g/mol. The first kappa shape index (κ1) is 25.2. The average Bonchev–Trinajstić information content (AvgIpc) is 2.86. The van der Waals surface area contributed by atoms with Crippen molar-refractivity contribution in [3.8, 4) is 11.1 Å². The van der Waals surface area contributed by atoms with Crippen LogP contribution in [0, 0.1) is 12.7 Å². The zero-order chi connectivity index (χ0) is 25.8. The van der Waals surface area contributed by atoms with Crippen molar-refractivity contribution in [3.63, 3.8) is 0 Å². The number of halogens is 1. The molecular formula is C30H32FN3O2. The van der Waals surface area contributed by atoms with Gasteiger partial charge in [0.2, 0.25) is 5.91 Å². The summed E-state index contributed by atoms with van der Waals surface area (Å²) in [5.74, 6) is -0.574. The zero-order valence-corrected chi connectivity index (χ0v) is 21.1. The van der Waals surface area contributed by atoms with Crippen molar-refractivity contribution in [2.75, 3.05) is 19.6 Å². The van der Waals surface area contributed by atoms with Crippen molar-refractivity contribution < 1.29 is 14.0 Å². The minimum atomic E-state index is -0.240. The number of aryl methyl sites for hydroxylation is 1. The first-order valence-electron chi connectivity index (χ1n) is 12.3. The monoisotopic (exact) mass is 485 g/mol. The Morgan fingerprint density at radius 1 is 1.17 bits per heavy atom. The minimum absolute atomic E-state index is 0.0616. The molecule has 0 unspecified atom stereocenters. The Kier molecular flexibility index (Phi) is 7.53. The summed E-state index contributed by atoms with van der Waals surface area (Å²) in [7, 11) is 0.